The number of likely N-dealkylation sites (N-methyl/N-ethyl adjacent to an activating group) is 1. The zero-order chi connectivity index (χ0) is 14.1. The minimum atomic E-state index is 0.147. The molecule has 1 N–H and O–H groups in total. The zero-order valence-electron chi connectivity index (χ0n) is 12.1. The highest BCUT2D eigenvalue weighted by atomic mass is 16.2. The van der Waals surface area contributed by atoms with Gasteiger partial charge in [-0.15, -0.1) is 0 Å². The van der Waals surface area contributed by atoms with Crippen molar-refractivity contribution in [3.05, 3.63) is 36.0 Å². The molecule has 3 rings (SSSR count). The summed E-state index contributed by atoms with van der Waals surface area (Å²) in [6.45, 7) is 4.77. The second kappa shape index (κ2) is 5.29. The van der Waals surface area contributed by atoms with E-state index >= 15 is 0 Å². The van der Waals surface area contributed by atoms with Gasteiger partial charge in [-0.25, -0.2) is 0 Å². The summed E-state index contributed by atoms with van der Waals surface area (Å²) in [5.41, 5.74) is 1.82. The summed E-state index contributed by atoms with van der Waals surface area (Å²) >= 11 is 0. The number of carbonyl (C=O) groups excluding carboxylic acids is 1. The van der Waals surface area contributed by atoms with Crippen LogP contribution in [0.2, 0.25) is 0 Å². The third-order valence-corrected chi connectivity index (χ3v) is 4.36. The number of nitrogens with one attached hydrogen (secondary N) is 1. The fourth-order valence-corrected chi connectivity index (χ4v) is 2.99. The highest BCUT2D eigenvalue weighted by molar-refractivity contribution is 6.06. The van der Waals surface area contributed by atoms with Gasteiger partial charge < -0.3 is 9.88 Å². The van der Waals surface area contributed by atoms with Gasteiger partial charge >= 0.3 is 0 Å². The molecule has 1 saturated heterocycles. The third-order valence-electron chi connectivity index (χ3n) is 4.36. The number of carbonyl (C=O) groups is 1. The van der Waals surface area contributed by atoms with Gasteiger partial charge in [-0.3, -0.25) is 9.69 Å². The van der Waals surface area contributed by atoms with E-state index in [1.54, 1.807) is 0 Å². The molecule has 4 heteroatoms. The standard InChI is InChI=1S/C16H21N3O/c1-3-12-11-19(9-8-18(12)2)16(20)14-10-17-15-7-5-4-6-13(14)15/h4-7,10,12,17H,3,8-9,11H2,1-2H3. The Balaban J connectivity index is 1.85. The molecule has 0 bridgehead atoms. The largest absolute Gasteiger partial charge is 0.360 e. The Bertz CT molecular complexity index is 619. The van der Waals surface area contributed by atoms with E-state index in [0.29, 0.717) is 6.04 Å². The molecule has 1 fully saturated rings. The molecule has 20 heavy (non-hydrogen) atoms. The Morgan fingerprint density at radius 1 is 1.35 bits per heavy atom. The molecule has 1 aromatic carbocycles. The quantitative estimate of drug-likeness (QED) is 0.910. The lowest BCUT2D eigenvalue weighted by molar-refractivity contribution is 0.0544. The Hall–Kier alpha value is -1.81. The number of para-hydroxylation sites is 1. The van der Waals surface area contributed by atoms with Crippen molar-refractivity contribution in [2.45, 2.75) is 19.4 Å². The summed E-state index contributed by atoms with van der Waals surface area (Å²) in [6.07, 6.45) is 2.92. The first-order chi connectivity index (χ1) is 9.70. The highest BCUT2D eigenvalue weighted by Gasteiger charge is 2.27. The van der Waals surface area contributed by atoms with E-state index in [1.165, 1.54) is 0 Å². The van der Waals surface area contributed by atoms with Crippen LogP contribution in [0.4, 0.5) is 0 Å². The van der Waals surface area contributed by atoms with Crippen LogP contribution in [-0.4, -0.2) is 53.4 Å². The van der Waals surface area contributed by atoms with E-state index < -0.39 is 0 Å². The van der Waals surface area contributed by atoms with Crippen molar-refractivity contribution >= 4 is 16.8 Å². The molecule has 106 valence electrons. The number of nitrogens with zero attached hydrogens (tertiary/aromatic N) is 2. The molecule has 1 unspecified atom stereocenters. The smallest absolute Gasteiger partial charge is 0.256 e. The number of H-pyrrole nitrogens is 1. The molecular weight excluding hydrogens is 250 g/mol. The predicted octanol–water partition coefficient (Wildman–Crippen LogP) is 2.33. The number of fused-ring (bicyclic) bond motifs is 1. The molecule has 2 aromatic rings. The van der Waals surface area contributed by atoms with Crippen LogP contribution in [0.5, 0.6) is 0 Å². The van der Waals surface area contributed by atoms with Crippen LogP contribution in [0.15, 0.2) is 30.5 Å². The van der Waals surface area contributed by atoms with Gasteiger partial charge in [0.05, 0.1) is 5.56 Å². The van der Waals surface area contributed by atoms with Crippen molar-refractivity contribution in [2.24, 2.45) is 0 Å². The van der Waals surface area contributed by atoms with Crippen LogP contribution < -0.4 is 0 Å². The lowest BCUT2D eigenvalue weighted by Crippen LogP contribution is -2.52. The van der Waals surface area contributed by atoms with Crippen LogP contribution in [0.3, 0.4) is 0 Å². The normalized spacial score (nSPS) is 20.5. The van der Waals surface area contributed by atoms with E-state index in [4.69, 9.17) is 0 Å². The van der Waals surface area contributed by atoms with Gasteiger partial charge in [-0.2, -0.15) is 0 Å². The summed E-state index contributed by atoms with van der Waals surface area (Å²) in [5.74, 6) is 0.147. The van der Waals surface area contributed by atoms with Crippen LogP contribution in [0.25, 0.3) is 10.9 Å². The van der Waals surface area contributed by atoms with E-state index in [9.17, 15) is 4.79 Å². The fourth-order valence-electron chi connectivity index (χ4n) is 2.99. The molecule has 1 aliphatic rings. The summed E-state index contributed by atoms with van der Waals surface area (Å²) in [6, 6.07) is 8.44. The zero-order valence-corrected chi connectivity index (χ0v) is 12.1. The second-order valence-electron chi connectivity index (χ2n) is 5.54. The SMILES string of the molecule is CCC1CN(C(=O)c2c[nH]c3ccccc23)CCN1C. The number of rotatable bonds is 2. The molecule has 1 amide bonds. The minimum Gasteiger partial charge on any atom is -0.360 e. The van der Waals surface area contributed by atoms with Crippen LogP contribution in [0.1, 0.15) is 23.7 Å². The van der Waals surface area contributed by atoms with Crippen LogP contribution in [-0.2, 0) is 0 Å². The first kappa shape index (κ1) is 13.2. The molecule has 0 spiro atoms. The molecule has 0 aliphatic carbocycles. The summed E-state index contributed by atoms with van der Waals surface area (Å²) in [4.78, 5) is 20.3. The van der Waals surface area contributed by atoms with E-state index in [1.807, 2.05) is 35.4 Å². The van der Waals surface area contributed by atoms with Gasteiger partial charge in [0, 0.05) is 42.8 Å². The van der Waals surface area contributed by atoms with E-state index in [0.717, 1.165) is 42.5 Å². The Morgan fingerprint density at radius 2 is 2.15 bits per heavy atom. The number of piperazine rings is 1. The average Bonchev–Trinajstić information content (AvgIpc) is 2.91. The van der Waals surface area contributed by atoms with E-state index in [2.05, 4.69) is 23.9 Å². The third kappa shape index (κ3) is 2.20. The van der Waals surface area contributed by atoms with E-state index in [-0.39, 0.29) is 5.91 Å². The lowest BCUT2D eigenvalue weighted by Gasteiger charge is -2.39. The summed E-state index contributed by atoms with van der Waals surface area (Å²) < 4.78 is 0. The molecular formula is C16H21N3O. The maximum Gasteiger partial charge on any atom is 0.256 e. The maximum absolute atomic E-state index is 12.7. The molecule has 1 aromatic heterocycles. The van der Waals surface area contributed by atoms with Gasteiger partial charge in [0.25, 0.3) is 5.91 Å². The molecule has 1 aliphatic heterocycles. The topological polar surface area (TPSA) is 39.3 Å². The fraction of sp³-hybridized carbons (Fsp3) is 0.438. The number of hydrogen-bond donors (Lipinski definition) is 1. The van der Waals surface area contributed by atoms with Crippen LogP contribution >= 0.6 is 0 Å². The molecule has 0 saturated carbocycles. The van der Waals surface area contributed by atoms with Gasteiger partial charge in [0.2, 0.25) is 0 Å². The average molecular weight is 271 g/mol. The van der Waals surface area contributed by atoms with Crippen molar-refractivity contribution in [3.63, 3.8) is 0 Å². The summed E-state index contributed by atoms with van der Waals surface area (Å²) in [7, 11) is 2.14. The Kier molecular flexibility index (Phi) is 3.49. The Morgan fingerprint density at radius 3 is 2.95 bits per heavy atom. The monoisotopic (exact) mass is 271 g/mol. The molecule has 4 nitrogen and oxygen atoms in total. The van der Waals surface area contributed by atoms with Gasteiger partial charge in [0.1, 0.15) is 0 Å². The number of aromatic nitrogens is 1. The number of amides is 1. The summed E-state index contributed by atoms with van der Waals surface area (Å²) in [5, 5.41) is 1.02. The maximum atomic E-state index is 12.7. The molecule has 1 atom stereocenters. The lowest BCUT2D eigenvalue weighted by atomic mass is 10.1. The second-order valence-corrected chi connectivity index (χ2v) is 5.54. The van der Waals surface area contributed by atoms with Crippen molar-refractivity contribution in [1.29, 1.82) is 0 Å². The van der Waals surface area contributed by atoms with Gasteiger partial charge in [-0.1, -0.05) is 25.1 Å². The first-order valence-electron chi connectivity index (χ1n) is 7.26. The van der Waals surface area contributed by atoms with Gasteiger partial charge in [-0.05, 0) is 19.5 Å². The molecule has 0 radical (unpaired) electrons. The van der Waals surface area contributed by atoms with Crippen molar-refractivity contribution in [1.82, 2.24) is 14.8 Å². The number of benzene rings is 1. The Labute approximate surface area is 119 Å². The van der Waals surface area contributed by atoms with Gasteiger partial charge in [0.15, 0.2) is 0 Å². The minimum absolute atomic E-state index is 0.147. The predicted molar refractivity (Wildman–Crippen MR) is 80.9 cm³/mol. The molecule has 2 heterocycles. The van der Waals surface area contributed by atoms with Crippen molar-refractivity contribution < 1.29 is 4.79 Å². The van der Waals surface area contributed by atoms with Crippen LogP contribution in [0, 0.1) is 0 Å². The van der Waals surface area contributed by atoms with Crippen molar-refractivity contribution in [3.8, 4) is 0 Å². The number of aromatic amines is 1. The first-order valence-corrected chi connectivity index (χ1v) is 7.26. The van der Waals surface area contributed by atoms with Crippen molar-refractivity contribution in [2.75, 3.05) is 26.7 Å². The highest BCUT2D eigenvalue weighted by Crippen LogP contribution is 2.21. The number of hydrogen-bond acceptors (Lipinski definition) is 2.